The molecule has 0 amide bonds. The van der Waals surface area contributed by atoms with Gasteiger partial charge >= 0.3 is 0 Å². The van der Waals surface area contributed by atoms with Crippen LogP contribution in [0.15, 0.2) is 6.07 Å². The van der Waals surface area contributed by atoms with Crippen LogP contribution in [0.1, 0.15) is 52.8 Å². The third-order valence-corrected chi connectivity index (χ3v) is 4.77. The molecular weight excluding hydrogens is 272 g/mol. The zero-order valence-electron chi connectivity index (χ0n) is 9.40. The average molecular weight is 288 g/mol. The predicted octanol–water partition coefficient (Wildman–Crippen LogP) is 5.29. The molecule has 0 aliphatic heterocycles. The number of hydrogen-bond donors (Lipinski definition) is 0. The Morgan fingerprint density at radius 2 is 1.93 bits per heavy atom. The van der Waals surface area contributed by atoms with E-state index in [0.717, 1.165) is 5.02 Å². The lowest BCUT2D eigenvalue weighted by Crippen LogP contribution is -2.12. The SMILES string of the molecule is Cc1cc(Cl)c2c(c1C)C(Br)CCC2C. The molecule has 0 bridgehead atoms. The average Bonchev–Trinajstić information content (AvgIpc) is 2.18. The summed E-state index contributed by atoms with van der Waals surface area (Å²) in [5.74, 6) is 0.598. The van der Waals surface area contributed by atoms with Gasteiger partial charge in [-0.25, -0.2) is 0 Å². The Morgan fingerprint density at radius 1 is 1.27 bits per heavy atom. The van der Waals surface area contributed by atoms with Gasteiger partial charge in [0.25, 0.3) is 0 Å². The Bertz CT molecular complexity index is 398. The normalized spacial score (nSPS) is 25.1. The number of halogens is 2. The van der Waals surface area contributed by atoms with Crippen molar-refractivity contribution in [3.05, 3.63) is 33.3 Å². The zero-order valence-corrected chi connectivity index (χ0v) is 11.7. The molecule has 2 heteroatoms. The standard InChI is InChI=1S/C13H16BrCl/c1-7-4-5-10(14)13-9(3)8(2)6-11(15)12(7)13/h6-7,10H,4-5H2,1-3H3. The van der Waals surface area contributed by atoms with E-state index in [2.05, 4.69) is 42.8 Å². The largest absolute Gasteiger partial charge is 0.0840 e. The number of hydrogen-bond acceptors (Lipinski definition) is 0. The highest BCUT2D eigenvalue weighted by Gasteiger charge is 2.27. The van der Waals surface area contributed by atoms with Crippen LogP contribution in [0, 0.1) is 13.8 Å². The zero-order chi connectivity index (χ0) is 11.2. The molecule has 0 fully saturated rings. The maximum atomic E-state index is 6.36. The molecule has 82 valence electrons. The number of benzene rings is 1. The van der Waals surface area contributed by atoms with Crippen LogP contribution in [0.5, 0.6) is 0 Å². The molecule has 1 aliphatic rings. The van der Waals surface area contributed by atoms with E-state index in [9.17, 15) is 0 Å². The molecule has 0 heterocycles. The van der Waals surface area contributed by atoms with Gasteiger partial charge in [0, 0.05) is 9.85 Å². The monoisotopic (exact) mass is 286 g/mol. The van der Waals surface area contributed by atoms with Crippen molar-refractivity contribution in [2.45, 2.75) is 44.4 Å². The van der Waals surface area contributed by atoms with Crippen molar-refractivity contribution in [2.24, 2.45) is 0 Å². The fraction of sp³-hybridized carbons (Fsp3) is 0.538. The molecule has 2 atom stereocenters. The van der Waals surface area contributed by atoms with Crippen molar-refractivity contribution < 1.29 is 0 Å². The molecule has 0 nitrogen and oxygen atoms in total. The molecule has 15 heavy (non-hydrogen) atoms. The van der Waals surface area contributed by atoms with E-state index in [1.807, 2.05) is 0 Å². The van der Waals surface area contributed by atoms with Gasteiger partial charge in [0.1, 0.15) is 0 Å². The van der Waals surface area contributed by atoms with Crippen LogP contribution in [-0.2, 0) is 0 Å². The van der Waals surface area contributed by atoms with Gasteiger partial charge in [-0.2, -0.15) is 0 Å². The minimum Gasteiger partial charge on any atom is -0.0840 e. The van der Waals surface area contributed by atoms with E-state index in [1.165, 1.54) is 35.1 Å². The predicted molar refractivity (Wildman–Crippen MR) is 70.2 cm³/mol. The number of fused-ring (bicyclic) bond motifs is 1. The third-order valence-electron chi connectivity index (χ3n) is 3.55. The lowest BCUT2D eigenvalue weighted by molar-refractivity contribution is 0.585. The number of rotatable bonds is 0. The molecular formula is C13H16BrCl. The molecule has 0 saturated carbocycles. The van der Waals surface area contributed by atoms with Crippen LogP contribution in [0.4, 0.5) is 0 Å². The van der Waals surface area contributed by atoms with Crippen molar-refractivity contribution in [1.82, 2.24) is 0 Å². The van der Waals surface area contributed by atoms with Gasteiger partial charge in [-0.15, -0.1) is 0 Å². The summed E-state index contributed by atoms with van der Waals surface area (Å²) in [5, 5.41) is 0.949. The molecule has 1 aromatic rings. The molecule has 0 N–H and O–H groups in total. The first-order valence-electron chi connectivity index (χ1n) is 5.46. The summed E-state index contributed by atoms with van der Waals surface area (Å²) in [5.41, 5.74) is 5.52. The Balaban J connectivity index is 2.71. The lowest BCUT2D eigenvalue weighted by Gasteiger charge is -2.30. The van der Waals surface area contributed by atoms with Crippen molar-refractivity contribution in [3.8, 4) is 0 Å². The Labute approximate surface area is 105 Å². The molecule has 1 aromatic carbocycles. The minimum atomic E-state index is 0.487. The van der Waals surface area contributed by atoms with Crippen LogP contribution >= 0.6 is 27.5 Å². The van der Waals surface area contributed by atoms with Gasteiger partial charge < -0.3 is 0 Å². The minimum absolute atomic E-state index is 0.487. The molecule has 0 aromatic heterocycles. The van der Waals surface area contributed by atoms with E-state index < -0.39 is 0 Å². The Kier molecular flexibility index (Phi) is 3.14. The first-order valence-corrected chi connectivity index (χ1v) is 6.75. The highest BCUT2D eigenvalue weighted by molar-refractivity contribution is 9.09. The van der Waals surface area contributed by atoms with Crippen LogP contribution in [0.2, 0.25) is 5.02 Å². The summed E-state index contributed by atoms with van der Waals surface area (Å²) in [6.45, 7) is 6.62. The second kappa shape index (κ2) is 4.10. The van der Waals surface area contributed by atoms with E-state index in [4.69, 9.17) is 11.6 Å². The van der Waals surface area contributed by atoms with Crippen molar-refractivity contribution in [2.75, 3.05) is 0 Å². The van der Waals surface area contributed by atoms with Crippen molar-refractivity contribution in [1.29, 1.82) is 0 Å². The van der Waals surface area contributed by atoms with Crippen molar-refractivity contribution >= 4 is 27.5 Å². The van der Waals surface area contributed by atoms with Gasteiger partial charge in [-0.3, -0.25) is 0 Å². The fourth-order valence-corrected chi connectivity index (χ4v) is 3.81. The van der Waals surface area contributed by atoms with Gasteiger partial charge in [0.2, 0.25) is 0 Å². The molecule has 0 saturated heterocycles. The first-order chi connectivity index (χ1) is 7.02. The number of aryl methyl sites for hydroxylation is 1. The van der Waals surface area contributed by atoms with Crippen LogP contribution < -0.4 is 0 Å². The summed E-state index contributed by atoms with van der Waals surface area (Å²) in [7, 11) is 0. The van der Waals surface area contributed by atoms with E-state index >= 15 is 0 Å². The topological polar surface area (TPSA) is 0 Å². The fourth-order valence-electron chi connectivity index (χ4n) is 2.51. The Hall–Kier alpha value is -0.0100. The van der Waals surface area contributed by atoms with Gasteiger partial charge in [-0.1, -0.05) is 34.5 Å². The van der Waals surface area contributed by atoms with Gasteiger partial charge in [-0.05, 0) is 60.9 Å². The summed E-state index contributed by atoms with van der Waals surface area (Å²) in [4.78, 5) is 0.487. The van der Waals surface area contributed by atoms with Gasteiger partial charge in [0.05, 0.1) is 0 Å². The van der Waals surface area contributed by atoms with E-state index in [-0.39, 0.29) is 0 Å². The summed E-state index contributed by atoms with van der Waals surface area (Å²) in [6, 6.07) is 2.11. The second-order valence-electron chi connectivity index (χ2n) is 4.57. The number of alkyl halides is 1. The quantitative estimate of drug-likeness (QED) is 0.569. The molecule has 2 unspecified atom stereocenters. The maximum absolute atomic E-state index is 6.36. The summed E-state index contributed by atoms with van der Waals surface area (Å²) in [6.07, 6.45) is 2.44. The second-order valence-corrected chi connectivity index (χ2v) is 6.09. The van der Waals surface area contributed by atoms with Gasteiger partial charge in [0.15, 0.2) is 0 Å². The highest BCUT2D eigenvalue weighted by atomic mass is 79.9. The Morgan fingerprint density at radius 3 is 2.60 bits per heavy atom. The van der Waals surface area contributed by atoms with Crippen LogP contribution in [0.25, 0.3) is 0 Å². The molecule has 0 radical (unpaired) electrons. The summed E-state index contributed by atoms with van der Waals surface area (Å²) >= 11 is 10.1. The van der Waals surface area contributed by atoms with Crippen molar-refractivity contribution in [3.63, 3.8) is 0 Å². The first kappa shape index (κ1) is 11.5. The highest BCUT2D eigenvalue weighted by Crippen LogP contribution is 2.46. The smallest absolute Gasteiger partial charge is 0.0446 e. The summed E-state index contributed by atoms with van der Waals surface area (Å²) < 4.78 is 0. The van der Waals surface area contributed by atoms with Crippen LogP contribution in [-0.4, -0.2) is 0 Å². The molecule has 1 aliphatic carbocycles. The van der Waals surface area contributed by atoms with E-state index in [1.54, 1.807) is 0 Å². The molecule has 2 rings (SSSR count). The van der Waals surface area contributed by atoms with E-state index in [0.29, 0.717) is 10.7 Å². The lowest BCUT2D eigenvalue weighted by atomic mass is 9.80. The van der Waals surface area contributed by atoms with Crippen LogP contribution in [0.3, 0.4) is 0 Å². The molecule has 0 spiro atoms. The maximum Gasteiger partial charge on any atom is 0.0446 e. The third kappa shape index (κ3) is 1.85.